The first-order valence-corrected chi connectivity index (χ1v) is 26.1. The number of para-hydroxylation sites is 2. The Hall–Kier alpha value is -0.961. The van der Waals surface area contributed by atoms with Crippen LogP contribution in [0.15, 0.2) is 42.5 Å². The van der Waals surface area contributed by atoms with Crippen LogP contribution in [-0.2, 0) is 6.54 Å². The van der Waals surface area contributed by atoms with Crippen molar-refractivity contribution in [2.45, 2.75) is 170 Å². The van der Waals surface area contributed by atoms with Crippen LogP contribution >= 0.6 is 0 Å². The van der Waals surface area contributed by atoms with E-state index in [4.69, 9.17) is 0 Å². The van der Waals surface area contributed by atoms with Gasteiger partial charge < -0.3 is 0 Å². The molecule has 236 valence electrons. The molecule has 0 amide bonds. The van der Waals surface area contributed by atoms with Crippen LogP contribution in [-0.4, -0.2) is 22.9 Å². The molecule has 1 aromatic heterocycles. The molecule has 0 aliphatic carbocycles. The maximum atomic E-state index is 2.89. The molecule has 3 rings (SSSR count). The first-order valence-electron chi connectivity index (χ1n) is 18.7. The quantitative estimate of drug-likeness (QED) is 0.0656. The first-order chi connectivity index (χ1) is 20.7. The minimum absolute atomic E-state index is 0.798. The fraction of sp³-hybridized carbons (Fsp3) is 0.700. The fourth-order valence-corrected chi connectivity index (χ4v) is 24.5. The van der Waals surface area contributed by atoms with Crippen molar-refractivity contribution in [1.29, 1.82) is 0 Å². The van der Waals surface area contributed by atoms with Gasteiger partial charge in [0.05, 0.1) is 0 Å². The summed E-state index contributed by atoms with van der Waals surface area (Å²) in [6, 6.07) is 17.0. The van der Waals surface area contributed by atoms with Gasteiger partial charge in [0, 0.05) is 0 Å². The zero-order valence-corrected chi connectivity index (χ0v) is 31.5. The number of fused-ring (bicyclic) bond motifs is 3. The molecular weight excluding hydrogens is 613 g/mol. The van der Waals surface area contributed by atoms with Crippen molar-refractivity contribution in [3.8, 4) is 0 Å². The summed E-state index contributed by atoms with van der Waals surface area (Å²) >= 11 is -2.64. The van der Waals surface area contributed by atoms with Crippen LogP contribution in [0, 0.1) is 5.92 Å². The van der Waals surface area contributed by atoms with Gasteiger partial charge in [0.2, 0.25) is 0 Å². The van der Waals surface area contributed by atoms with Gasteiger partial charge in [-0.1, -0.05) is 6.92 Å². The van der Waals surface area contributed by atoms with E-state index >= 15 is 0 Å². The van der Waals surface area contributed by atoms with E-state index in [0.717, 1.165) is 5.92 Å². The number of hydrogen-bond donors (Lipinski definition) is 0. The third-order valence-electron chi connectivity index (χ3n) is 10.3. The predicted octanol–water partition coefficient (Wildman–Crippen LogP) is 13.2. The van der Waals surface area contributed by atoms with E-state index in [9.17, 15) is 0 Å². The van der Waals surface area contributed by atoms with Gasteiger partial charge in [-0.05, 0) is 0 Å². The van der Waals surface area contributed by atoms with Crippen molar-refractivity contribution in [2.24, 2.45) is 5.92 Å². The zero-order valence-electron chi connectivity index (χ0n) is 28.6. The SMILES string of the molecule is CCCCCCCCC(CCCCCC)Cn1c2ccccc2c2ccc[c]([Sn]([CH2]CCC)([CH2]CCC)[CH2]CCC)c21. The van der Waals surface area contributed by atoms with Gasteiger partial charge in [0.25, 0.3) is 0 Å². The maximum absolute atomic E-state index is 2.89. The van der Waals surface area contributed by atoms with Gasteiger partial charge in [-0.15, -0.1) is 0 Å². The summed E-state index contributed by atoms with van der Waals surface area (Å²) in [6.45, 7) is 13.1. The monoisotopic (exact) mass is 681 g/mol. The summed E-state index contributed by atoms with van der Waals surface area (Å²) in [4.78, 5) is 0. The average molecular weight is 681 g/mol. The Morgan fingerprint density at radius 3 is 1.62 bits per heavy atom. The molecule has 42 heavy (non-hydrogen) atoms. The Bertz CT molecular complexity index is 1110. The second kappa shape index (κ2) is 20.1. The number of rotatable bonds is 24. The van der Waals surface area contributed by atoms with Crippen LogP contribution in [0.5, 0.6) is 0 Å². The van der Waals surface area contributed by atoms with Crippen LogP contribution in [0.3, 0.4) is 0 Å². The number of hydrogen-bond acceptors (Lipinski definition) is 0. The van der Waals surface area contributed by atoms with Crippen molar-refractivity contribution in [1.82, 2.24) is 4.57 Å². The van der Waals surface area contributed by atoms with Crippen molar-refractivity contribution in [3.63, 3.8) is 0 Å². The first kappa shape index (κ1) is 35.5. The van der Waals surface area contributed by atoms with E-state index in [1.54, 1.807) is 24.2 Å². The van der Waals surface area contributed by atoms with Crippen molar-refractivity contribution in [2.75, 3.05) is 0 Å². The van der Waals surface area contributed by atoms with E-state index in [1.165, 1.54) is 133 Å². The van der Waals surface area contributed by atoms with Crippen molar-refractivity contribution < 1.29 is 0 Å². The van der Waals surface area contributed by atoms with Crippen LogP contribution in [0.2, 0.25) is 13.3 Å². The summed E-state index contributed by atoms with van der Waals surface area (Å²) in [5, 5.41) is 3.05. The van der Waals surface area contributed by atoms with Gasteiger partial charge in [0.15, 0.2) is 0 Å². The predicted molar refractivity (Wildman–Crippen MR) is 194 cm³/mol. The molecule has 0 spiro atoms. The second-order valence-corrected chi connectivity index (χ2v) is 26.8. The number of nitrogens with zero attached hydrogens (tertiary/aromatic N) is 1. The zero-order chi connectivity index (χ0) is 30.0. The van der Waals surface area contributed by atoms with Gasteiger partial charge in [-0.25, -0.2) is 0 Å². The Kier molecular flexibility index (Phi) is 17.0. The summed E-state index contributed by atoms with van der Waals surface area (Å²) < 4.78 is 9.41. The molecule has 3 aromatic rings. The minimum atomic E-state index is -2.64. The van der Waals surface area contributed by atoms with Gasteiger partial charge >= 0.3 is 260 Å². The van der Waals surface area contributed by atoms with E-state index in [-0.39, 0.29) is 0 Å². The molecule has 0 bridgehead atoms. The van der Waals surface area contributed by atoms with Crippen LogP contribution in [0.1, 0.15) is 150 Å². The molecule has 0 saturated heterocycles. The summed E-state index contributed by atoms with van der Waals surface area (Å²) in [5.74, 6) is 0.798. The standard InChI is InChI=1S/C28H40N.3C4H9.Sn/c1-3-5-7-9-10-12-18-24(17-11-8-6-4-2)23-29-27-21-15-13-19-25(27)26-20-14-16-22-28(26)29;3*1-3-4-2;/h13-16,19-21,24H,3-12,17-18,23H2,1-2H3;3*1,3-4H2,2H3;. The molecule has 1 atom stereocenters. The van der Waals surface area contributed by atoms with E-state index in [2.05, 4.69) is 81.7 Å². The number of benzene rings is 2. The van der Waals surface area contributed by atoms with Gasteiger partial charge in [0.1, 0.15) is 0 Å². The molecule has 0 aliphatic heterocycles. The van der Waals surface area contributed by atoms with Crippen molar-refractivity contribution in [3.05, 3.63) is 42.5 Å². The van der Waals surface area contributed by atoms with Crippen LogP contribution < -0.4 is 3.58 Å². The molecule has 0 saturated carbocycles. The fourth-order valence-electron chi connectivity index (χ4n) is 7.71. The third kappa shape index (κ3) is 10.0. The molecule has 2 heteroatoms. The molecule has 0 aliphatic rings. The Morgan fingerprint density at radius 1 is 0.524 bits per heavy atom. The van der Waals surface area contributed by atoms with Gasteiger partial charge in [-0.3, -0.25) is 0 Å². The Morgan fingerprint density at radius 2 is 1.02 bits per heavy atom. The average Bonchev–Trinajstić information content (AvgIpc) is 3.34. The van der Waals surface area contributed by atoms with E-state index in [1.807, 2.05) is 3.58 Å². The number of aromatic nitrogens is 1. The molecule has 1 heterocycles. The van der Waals surface area contributed by atoms with Crippen LogP contribution in [0.25, 0.3) is 21.8 Å². The Balaban J connectivity index is 2.08. The van der Waals surface area contributed by atoms with E-state index in [0.29, 0.717) is 0 Å². The summed E-state index contributed by atoms with van der Waals surface area (Å²) in [7, 11) is 0. The van der Waals surface area contributed by atoms with Crippen molar-refractivity contribution >= 4 is 43.8 Å². The molecule has 2 aromatic carbocycles. The summed E-state index contributed by atoms with van der Waals surface area (Å²) in [5.41, 5.74) is 3.18. The molecule has 0 N–H and O–H groups in total. The molecule has 0 fully saturated rings. The molecular formula is C40H67NSn. The summed E-state index contributed by atoms with van der Waals surface area (Å²) in [6.07, 6.45) is 25.1. The van der Waals surface area contributed by atoms with E-state index < -0.39 is 18.4 Å². The van der Waals surface area contributed by atoms with Crippen LogP contribution in [0.4, 0.5) is 0 Å². The van der Waals surface area contributed by atoms with Gasteiger partial charge in [-0.2, -0.15) is 0 Å². The molecule has 1 nitrogen and oxygen atoms in total. The molecule has 0 radical (unpaired) electrons. The third-order valence-corrected chi connectivity index (χ3v) is 25.9. The number of unbranched alkanes of at least 4 members (excludes halogenated alkanes) is 11. The molecule has 1 unspecified atom stereocenters. The topological polar surface area (TPSA) is 4.93 Å². The second-order valence-electron chi connectivity index (χ2n) is 13.7. The Labute approximate surface area is 265 Å². The normalized spacial score (nSPS) is 13.0.